The van der Waals surface area contributed by atoms with Gasteiger partial charge in [-0.15, -0.1) is 0 Å². The normalized spacial score (nSPS) is 13.7. The molecule has 19 heavy (non-hydrogen) atoms. The Kier molecular flexibility index (Phi) is 3.20. The molecule has 2 aromatic rings. The van der Waals surface area contributed by atoms with E-state index in [-0.39, 0.29) is 5.91 Å². The second kappa shape index (κ2) is 5.16. The maximum atomic E-state index is 12.1. The van der Waals surface area contributed by atoms with Crippen LogP contribution in [0.1, 0.15) is 21.5 Å². The van der Waals surface area contributed by atoms with Crippen molar-refractivity contribution in [3.05, 3.63) is 53.5 Å². The van der Waals surface area contributed by atoms with E-state index in [0.717, 1.165) is 19.5 Å². The van der Waals surface area contributed by atoms with Gasteiger partial charge in [-0.2, -0.15) is 0 Å². The molecule has 5 nitrogen and oxygen atoms in total. The van der Waals surface area contributed by atoms with Gasteiger partial charge < -0.3 is 10.6 Å². The van der Waals surface area contributed by atoms with Crippen LogP contribution in [0.4, 0.5) is 5.82 Å². The topological polar surface area (TPSA) is 66.9 Å². The van der Waals surface area contributed by atoms with Gasteiger partial charge in [0.15, 0.2) is 5.82 Å². The van der Waals surface area contributed by atoms with Gasteiger partial charge in [0.05, 0.1) is 6.20 Å². The van der Waals surface area contributed by atoms with Crippen LogP contribution in [-0.4, -0.2) is 22.4 Å². The first kappa shape index (κ1) is 11.8. The maximum Gasteiger partial charge on any atom is 0.256 e. The predicted octanol–water partition coefficient (Wildman–Crippen LogP) is 1.37. The van der Waals surface area contributed by atoms with Crippen molar-refractivity contribution >= 4 is 11.7 Å². The molecule has 0 saturated heterocycles. The molecule has 1 amide bonds. The molecule has 0 atom stereocenters. The number of nitrogens with one attached hydrogen (secondary N) is 2. The van der Waals surface area contributed by atoms with E-state index in [9.17, 15) is 4.79 Å². The largest absolute Gasteiger partial charge is 0.312 e. The van der Waals surface area contributed by atoms with E-state index in [1.807, 2.05) is 18.2 Å². The molecule has 0 saturated carbocycles. The fourth-order valence-corrected chi connectivity index (χ4v) is 2.17. The fraction of sp³-hybridized carbons (Fsp3) is 0.214. The van der Waals surface area contributed by atoms with E-state index in [1.165, 1.54) is 17.3 Å². The van der Waals surface area contributed by atoms with Gasteiger partial charge in [-0.1, -0.05) is 6.07 Å². The van der Waals surface area contributed by atoms with Crippen molar-refractivity contribution in [3.63, 3.8) is 0 Å². The highest BCUT2D eigenvalue weighted by molar-refractivity contribution is 6.03. The molecule has 0 spiro atoms. The molecule has 2 heterocycles. The van der Waals surface area contributed by atoms with E-state index in [4.69, 9.17) is 0 Å². The first-order valence-corrected chi connectivity index (χ1v) is 6.23. The van der Waals surface area contributed by atoms with E-state index in [2.05, 4.69) is 20.6 Å². The summed E-state index contributed by atoms with van der Waals surface area (Å²) in [5.41, 5.74) is 3.15. The molecule has 1 aliphatic heterocycles. The first-order chi connectivity index (χ1) is 9.33. The van der Waals surface area contributed by atoms with Crippen LogP contribution in [0.3, 0.4) is 0 Å². The highest BCUT2D eigenvalue weighted by Gasteiger charge is 2.12. The van der Waals surface area contributed by atoms with Crippen LogP contribution in [0.5, 0.6) is 0 Å². The second-order valence-corrected chi connectivity index (χ2v) is 4.46. The Bertz CT molecular complexity index is 598. The molecule has 1 aromatic heterocycles. The number of carbonyl (C=O) groups excluding carboxylic acids is 1. The molecule has 1 aliphatic rings. The third-order valence-electron chi connectivity index (χ3n) is 3.16. The van der Waals surface area contributed by atoms with Gasteiger partial charge >= 0.3 is 0 Å². The summed E-state index contributed by atoms with van der Waals surface area (Å²) in [6.45, 7) is 1.82. The van der Waals surface area contributed by atoms with E-state index in [0.29, 0.717) is 11.4 Å². The number of nitrogens with zero attached hydrogens (tertiary/aromatic N) is 2. The molecule has 0 aliphatic carbocycles. The Morgan fingerprint density at radius 1 is 1.26 bits per heavy atom. The van der Waals surface area contributed by atoms with Crippen molar-refractivity contribution in [2.75, 3.05) is 11.9 Å². The summed E-state index contributed by atoms with van der Waals surface area (Å²) in [5, 5.41) is 6.03. The Morgan fingerprint density at radius 3 is 3.05 bits per heavy atom. The van der Waals surface area contributed by atoms with Gasteiger partial charge in [-0.3, -0.25) is 9.78 Å². The average Bonchev–Trinajstić information content (AvgIpc) is 2.48. The molecule has 96 valence electrons. The van der Waals surface area contributed by atoms with E-state index in [1.54, 1.807) is 12.4 Å². The molecule has 0 bridgehead atoms. The van der Waals surface area contributed by atoms with Crippen LogP contribution in [0, 0.1) is 0 Å². The second-order valence-electron chi connectivity index (χ2n) is 4.46. The lowest BCUT2D eigenvalue weighted by molar-refractivity contribution is 0.102. The highest BCUT2D eigenvalue weighted by Crippen LogP contribution is 2.16. The van der Waals surface area contributed by atoms with Crippen LogP contribution in [-0.2, 0) is 13.0 Å². The summed E-state index contributed by atoms with van der Waals surface area (Å²) in [5.74, 6) is 0.303. The van der Waals surface area contributed by atoms with Crippen molar-refractivity contribution in [1.29, 1.82) is 0 Å². The quantitative estimate of drug-likeness (QED) is 0.849. The van der Waals surface area contributed by atoms with Gasteiger partial charge in [0, 0.05) is 24.5 Å². The van der Waals surface area contributed by atoms with Crippen LogP contribution in [0.25, 0.3) is 0 Å². The number of amides is 1. The Balaban J connectivity index is 1.80. The molecule has 1 aromatic carbocycles. The van der Waals surface area contributed by atoms with Crippen molar-refractivity contribution in [3.8, 4) is 0 Å². The zero-order chi connectivity index (χ0) is 13.1. The molecular weight excluding hydrogens is 240 g/mol. The summed E-state index contributed by atoms with van der Waals surface area (Å²) in [6, 6.07) is 5.82. The summed E-state index contributed by atoms with van der Waals surface area (Å²) in [7, 11) is 0. The van der Waals surface area contributed by atoms with E-state index >= 15 is 0 Å². The Labute approximate surface area is 111 Å². The number of rotatable bonds is 2. The van der Waals surface area contributed by atoms with Crippen LogP contribution in [0.15, 0.2) is 36.8 Å². The molecule has 3 rings (SSSR count). The third-order valence-corrected chi connectivity index (χ3v) is 3.16. The number of aromatic nitrogens is 2. The standard InChI is InChI=1S/C14H14N4O/c19-14(18-13-9-16-5-6-17-13)11-2-1-10-3-4-15-8-12(10)7-11/h1-2,5-7,9,15H,3-4,8H2,(H,17,18,19). The minimum Gasteiger partial charge on any atom is -0.312 e. The van der Waals surface area contributed by atoms with Crippen LogP contribution < -0.4 is 10.6 Å². The molecular formula is C14H14N4O. The summed E-state index contributed by atoms with van der Waals surface area (Å²) >= 11 is 0. The number of hydrogen-bond donors (Lipinski definition) is 2. The molecule has 0 fully saturated rings. The van der Waals surface area contributed by atoms with Crippen LogP contribution in [0.2, 0.25) is 0 Å². The number of benzene rings is 1. The van der Waals surface area contributed by atoms with Crippen molar-refractivity contribution in [2.45, 2.75) is 13.0 Å². The molecule has 0 radical (unpaired) electrons. The van der Waals surface area contributed by atoms with Gasteiger partial charge in [0.25, 0.3) is 5.91 Å². The van der Waals surface area contributed by atoms with Crippen molar-refractivity contribution in [1.82, 2.24) is 15.3 Å². The summed E-state index contributed by atoms with van der Waals surface area (Å²) in [6.07, 6.45) is 5.66. The Morgan fingerprint density at radius 2 is 2.21 bits per heavy atom. The highest BCUT2D eigenvalue weighted by atomic mass is 16.1. The fourth-order valence-electron chi connectivity index (χ4n) is 2.17. The lowest BCUT2D eigenvalue weighted by Gasteiger charge is -2.17. The number of hydrogen-bond acceptors (Lipinski definition) is 4. The molecule has 5 heteroatoms. The smallest absolute Gasteiger partial charge is 0.256 e. The van der Waals surface area contributed by atoms with Gasteiger partial charge in [-0.25, -0.2) is 4.98 Å². The number of carbonyl (C=O) groups is 1. The summed E-state index contributed by atoms with van der Waals surface area (Å²) < 4.78 is 0. The zero-order valence-corrected chi connectivity index (χ0v) is 10.4. The summed E-state index contributed by atoms with van der Waals surface area (Å²) in [4.78, 5) is 20.0. The minimum atomic E-state index is -0.158. The van der Waals surface area contributed by atoms with Gasteiger partial charge in [-0.05, 0) is 36.2 Å². The van der Waals surface area contributed by atoms with Gasteiger partial charge in [0.1, 0.15) is 0 Å². The van der Waals surface area contributed by atoms with Crippen molar-refractivity contribution in [2.24, 2.45) is 0 Å². The first-order valence-electron chi connectivity index (χ1n) is 6.23. The predicted molar refractivity (Wildman–Crippen MR) is 71.8 cm³/mol. The third kappa shape index (κ3) is 2.61. The van der Waals surface area contributed by atoms with Gasteiger partial charge in [0.2, 0.25) is 0 Å². The number of anilines is 1. The number of fused-ring (bicyclic) bond motifs is 1. The average molecular weight is 254 g/mol. The lowest BCUT2D eigenvalue weighted by Crippen LogP contribution is -2.24. The van der Waals surface area contributed by atoms with E-state index < -0.39 is 0 Å². The monoisotopic (exact) mass is 254 g/mol. The lowest BCUT2D eigenvalue weighted by atomic mass is 9.98. The molecule has 2 N–H and O–H groups in total. The SMILES string of the molecule is O=C(Nc1cnccn1)c1ccc2c(c1)CNCC2. The zero-order valence-electron chi connectivity index (χ0n) is 10.4. The van der Waals surface area contributed by atoms with Crippen LogP contribution >= 0.6 is 0 Å². The van der Waals surface area contributed by atoms with Crippen molar-refractivity contribution < 1.29 is 4.79 Å². The molecule has 0 unspecified atom stereocenters. The minimum absolute atomic E-state index is 0.158. The Hall–Kier alpha value is -2.27. The maximum absolute atomic E-state index is 12.1.